The summed E-state index contributed by atoms with van der Waals surface area (Å²) in [7, 11) is -5.84. The molecule has 0 heterocycles. The average Bonchev–Trinajstić information content (AvgIpc) is 2.77. The van der Waals surface area contributed by atoms with Crippen molar-refractivity contribution in [3.05, 3.63) is 95.6 Å². The SMILES string of the molecule is CNS(=O)(=O)c1cccc(C(=O)NC(c2ccccc2)c2cccc(S(C)(=O)=O)c2)c1. The predicted molar refractivity (Wildman–Crippen MR) is 118 cm³/mol. The highest BCUT2D eigenvalue weighted by Gasteiger charge is 2.21. The van der Waals surface area contributed by atoms with Gasteiger partial charge in [0.2, 0.25) is 10.0 Å². The molecule has 0 spiro atoms. The molecule has 3 rings (SSSR count). The second kappa shape index (κ2) is 9.01. The number of sulfonamides is 1. The summed E-state index contributed by atoms with van der Waals surface area (Å²) in [5.41, 5.74) is 1.50. The van der Waals surface area contributed by atoms with Crippen LogP contribution in [0.1, 0.15) is 27.5 Å². The van der Waals surface area contributed by atoms with Crippen molar-refractivity contribution >= 4 is 25.8 Å². The van der Waals surface area contributed by atoms with Crippen LogP contribution in [0.2, 0.25) is 0 Å². The van der Waals surface area contributed by atoms with Crippen LogP contribution >= 0.6 is 0 Å². The lowest BCUT2D eigenvalue weighted by Crippen LogP contribution is -2.29. The molecule has 1 unspecified atom stereocenters. The van der Waals surface area contributed by atoms with E-state index in [4.69, 9.17) is 0 Å². The van der Waals surface area contributed by atoms with Gasteiger partial charge in [0.15, 0.2) is 9.84 Å². The van der Waals surface area contributed by atoms with Gasteiger partial charge < -0.3 is 5.32 Å². The normalized spacial score (nSPS) is 12.8. The second-order valence-electron chi connectivity index (χ2n) is 6.90. The number of sulfone groups is 1. The number of nitrogens with one attached hydrogen (secondary N) is 2. The van der Waals surface area contributed by atoms with Crippen LogP contribution in [0.3, 0.4) is 0 Å². The maximum absolute atomic E-state index is 13.0. The zero-order chi connectivity index (χ0) is 22.6. The number of benzene rings is 3. The van der Waals surface area contributed by atoms with E-state index in [1.807, 2.05) is 30.3 Å². The van der Waals surface area contributed by atoms with Crippen molar-refractivity contribution < 1.29 is 21.6 Å². The number of amides is 1. The summed E-state index contributed by atoms with van der Waals surface area (Å²) in [5, 5.41) is 2.89. The molecule has 0 saturated heterocycles. The van der Waals surface area contributed by atoms with E-state index < -0.39 is 31.8 Å². The Labute approximate surface area is 182 Å². The molecule has 0 aliphatic heterocycles. The lowest BCUT2D eigenvalue weighted by atomic mass is 9.98. The van der Waals surface area contributed by atoms with Gasteiger partial charge in [-0.2, -0.15) is 0 Å². The molecule has 0 fully saturated rings. The third-order valence-electron chi connectivity index (χ3n) is 4.70. The van der Waals surface area contributed by atoms with E-state index >= 15 is 0 Å². The molecule has 2 N–H and O–H groups in total. The Morgan fingerprint density at radius 1 is 0.774 bits per heavy atom. The fourth-order valence-electron chi connectivity index (χ4n) is 3.07. The number of hydrogen-bond acceptors (Lipinski definition) is 5. The molecule has 162 valence electrons. The smallest absolute Gasteiger partial charge is 0.252 e. The zero-order valence-corrected chi connectivity index (χ0v) is 18.6. The summed E-state index contributed by atoms with van der Waals surface area (Å²) < 4.78 is 50.4. The number of rotatable bonds is 7. The van der Waals surface area contributed by atoms with Crippen LogP contribution in [0.4, 0.5) is 0 Å². The first kappa shape index (κ1) is 22.7. The summed E-state index contributed by atoms with van der Waals surface area (Å²) in [6, 6.07) is 20.5. The van der Waals surface area contributed by atoms with Crippen molar-refractivity contribution in [3.63, 3.8) is 0 Å². The fourth-order valence-corrected chi connectivity index (χ4v) is 4.52. The summed E-state index contributed by atoms with van der Waals surface area (Å²) in [6.07, 6.45) is 1.12. The molecular formula is C22H22N2O5S2. The molecule has 3 aromatic carbocycles. The van der Waals surface area contributed by atoms with E-state index in [0.717, 1.165) is 11.8 Å². The van der Waals surface area contributed by atoms with Crippen LogP contribution in [0.15, 0.2) is 88.7 Å². The van der Waals surface area contributed by atoms with Gasteiger partial charge in [-0.05, 0) is 48.5 Å². The average molecular weight is 459 g/mol. The Hall–Kier alpha value is -3.01. The summed E-state index contributed by atoms with van der Waals surface area (Å²) >= 11 is 0. The van der Waals surface area contributed by atoms with Gasteiger partial charge in [0.05, 0.1) is 15.8 Å². The molecule has 0 aromatic heterocycles. The molecule has 0 radical (unpaired) electrons. The highest BCUT2D eigenvalue weighted by atomic mass is 32.2. The van der Waals surface area contributed by atoms with Crippen LogP contribution in [-0.4, -0.2) is 36.0 Å². The molecular weight excluding hydrogens is 436 g/mol. The molecule has 0 bridgehead atoms. The molecule has 0 saturated carbocycles. The van der Waals surface area contributed by atoms with Crippen LogP contribution < -0.4 is 10.0 Å². The Morgan fingerprint density at radius 2 is 1.39 bits per heavy atom. The van der Waals surface area contributed by atoms with Crippen LogP contribution in [0.25, 0.3) is 0 Å². The topological polar surface area (TPSA) is 109 Å². The first-order valence-corrected chi connectivity index (χ1v) is 12.7. The van der Waals surface area contributed by atoms with Gasteiger partial charge in [0.25, 0.3) is 5.91 Å². The Kier molecular flexibility index (Phi) is 6.59. The minimum absolute atomic E-state index is 0.0296. The third kappa shape index (κ3) is 5.38. The van der Waals surface area contributed by atoms with E-state index in [9.17, 15) is 21.6 Å². The van der Waals surface area contributed by atoms with Crippen molar-refractivity contribution in [2.24, 2.45) is 0 Å². The van der Waals surface area contributed by atoms with Crippen LogP contribution in [0.5, 0.6) is 0 Å². The van der Waals surface area contributed by atoms with Crippen molar-refractivity contribution in [2.75, 3.05) is 13.3 Å². The number of carbonyl (C=O) groups excluding carboxylic acids is 1. The van der Waals surface area contributed by atoms with Crippen LogP contribution in [-0.2, 0) is 19.9 Å². The highest BCUT2D eigenvalue weighted by molar-refractivity contribution is 7.90. The minimum atomic E-state index is -3.71. The van der Waals surface area contributed by atoms with Crippen molar-refractivity contribution in [3.8, 4) is 0 Å². The van der Waals surface area contributed by atoms with Crippen molar-refractivity contribution in [1.82, 2.24) is 10.0 Å². The number of hydrogen-bond donors (Lipinski definition) is 2. The lowest BCUT2D eigenvalue weighted by molar-refractivity contribution is 0.0942. The predicted octanol–water partition coefficient (Wildman–Crippen LogP) is 2.52. The van der Waals surface area contributed by atoms with E-state index in [1.165, 1.54) is 43.4 Å². The zero-order valence-electron chi connectivity index (χ0n) is 16.9. The second-order valence-corrected chi connectivity index (χ2v) is 10.8. The molecule has 31 heavy (non-hydrogen) atoms. The quantitative estimate of drug-likeness (QED) is 0.565. The third-order valence-corrected chi connectivity index (χ3v) is 7.23. The molecule has 7 nitrogen and oxygen atoms in total. The van der Waals surface area contributed by atoms with E-state index in [-0.39, 0.29) is 15.4 Å². The number of carbonyl (C=O) groups is 1. The Bertz CT molecular complexity index is 1300. The molecule has 1 atom stereocenters. The van der Waals surface area contributed by atoms with E-state index in [2.05, 4.69) is 10.0 Å². The van der Waals surface area contributed by atoms with Gasteiger partial charge in [-0.1, -0.05) is 48.5 Å². The Balaban J connectivity index is 2.02. The van der Waals surface area contributed by atoms with Crippen molar-refractivity contribution in [2.45, 2.75) is 15.8 Å². The molecule has 1 amide bonds. The van der Waals surface area contributed by atoms with Gasteiger partial charge in [-0.15, -0.1) is 0 Å². The largest absolute Gasteiger partial charge is 0.341 e. The van der Waals surface area contributed by atoms with Gasteiger partial charge >= 0.3 is 0 Å². The van der Waals surface area contributed by atoms with E-state index in [0.29, 0.717) is 5.56 Å². The van der Waals surface area contributed by atoms with Crippen molar-refractivity contribution in [1.29, 1.82) is 0 Å². The highest BCUT2D eigenvalue weighted by Crippen LogP contribution is 2.25. The molecule has 9 heteroatoms. The molecule has 0 aliphatic rings. The summed E-state index contributed by atoms with van der Waals surface area (Å²) in [4.78, 5) is 13.1. The maximum atomic E-state index is 13.0. The van der Waals surface area contributed by atoms with E-state index in [1.54, 1.807) is 12.1 Å². The lowest BCUT2D eigenvalue weighted by Gasteiger charge is -2.21. The van der Waals surface area contributed by atoms with Crippen LogP contribution in [0, 0.1) is 0 Å². The first-order valence-electron chi connectivity index (χ1n) is 9.31. The molecule has 3 aromatic rings. The Morgan fingerprint density at radius 3 is 2.03 bits per heavy atom. The first-order chi connectivity index (χ1) is 14.6. The standard InChI is InChI=1S/C22H22N2O5S2/c1-23-31(28,29)20-13-7-11-18(15-20)22(25)24-21(16-8-4-3-5-9-16)17-10-6-12-19(14-17)30(2,26)27/h3-15,21,23H,1-2H3,(H,24,25). The van der Waals surface area contributed by atoms with Gasteiger partial charge in [0.1, 0.15) is 0 Å². The van der Waals surface area contributed by atoms with Gasteiger partial charge in [0, 0.05) is 11.8 Å². The fraction of sp³-hybridized carbons (Fsp3) is 0.136. The summed E-state index contributed by atoms with van der Waals surface area (Å²) in [5.74, 6) is -0.494. The van der Waals surface area contributed by atoms with Gasteiger partial charge in [-0.3, -0.25) is 4.79 Å². The summed E-state index contributed by atoms with van der Waals surface area (Å²) in [6.45, 7) is 0. The maximum Gasteiger partial charge on any atom is 0.252 e. The monoisotopic (exact) mass is 458 g/mol. The minimum Gasteiger partial charge on any atom is -0.341 e. The molecule has 0 aliphatic carbocycles. The van der Waals surface area contributed by atoms with Gasteiger partial charge in [-0.25, -0.2) is 21.6 Å².